The fourth-order valence-electron chi connectivity index (χ4n) is 2.18. The van der Waals surface area contributed by atoms with Gasteiger partial charge in [0.2, 0.25) is 15.9 Å². The Morgan fingerprint density at radius 2 is 1.88 bits per heavy atom. The molecular weight excluding hydrogens is 330 g/mol. The van der Waals surface area contributed by atoms with Crippen molar-refractivity contribution in [3.05, 3.63) is 48.3 Å². The lowest BCUT2D eigenvalue weighted by Gasteiger charge is -2.17. The Morgan fingerprint density at radius 3 is 2.46 bits per heavy atom. The van der Waals surface area contributed by atoms with E-state index in [-0.39, 0.29) is 16.6 Å². The maximum absolute atomic E-state index is 12.7. The summed E-state index contributed by atoms with van der Waals surface area (Å²) in [6.45, 7) is 3.08. The van der Waals surface area contributed by atoms with Gasteiger partial charge < -0.3 is 10.1 Å². The molecule has 1 atom stereocenters. The highest BCUT2D eigenvalue weighted by Gasteiger charge is 2.23. The molecule has 128 valence electrons. The van der Waals surface area contributed by atoms with E-state index in [1.165, 1.54) is 26.2 Å². The van der Waals surface area contributed by atoms with Crippen LogP contribution in [0.3, 0.4) is 0 Å². The Kier molecular flexibility index (Phi) is 5.53. The van der Waals surface area contributed by atoms with Gasteiger partial charge in [0.1, 0.15) is 10.6 Å². The van der Waals surface area contributed by atoms with Crippen molar-refractivity contribution in [3.63, 3.8) is 0 Å². The molecule has 0 fully saturated rings. The number of rotatable bonds is 6. The van der Waals surface area contributed by atoms with E-state index >= 15 is 0 Å². The lowest BCUT2D eigenvalue weighted by molar-refractivity contribution is -0.114. The van der Waals surface area contributed by atoms with E-state index in [1.54, 1.807) is 37.5 Å². The van der Waals surface area contributed by atoms with Gasteiger partial charge in [-0.2, -0.15) is 0 Å². The molecule has 7 nitrogen and oxygen atoms in total. The van der Waals surface area contributed by atoms with E-state index < -0.39 is 16.1 Å². The first kappa shape index (κ1) is 17.9. The molecule has 1 amide bonds. The minimum Gasteiger partial charge on any atom is -0.495 e. The van der Waals surface area contributed by atoms with Crippen LogP contribution in [0.5, 0.6) is 5.75 Å². The Hall–Kier alpha value is -2.45. The molecule has 0 saturated heterocycles. The molecule has 0 aliphatic rings. The molecule has 2 N–H and O–H groups in total. The lowest BCUT2D eigenvalue weighted by Crippen LogP contribution is -2.27. The third-order valence-electron chi connectivity index (χ3n) is 3.31. The van der Waals surface area contributed by atoms with E-state index in [9.17, 15) is 13.2 Å². The molecule has 0 spiro atoms. The minimum absolute atomic E-state index is 0.0443. The number of aromatic nitrogens is 1. The van der Waals surface area contributed by atoms with E-state index in [0.29, 0.717) is 5.69 Å². The van der Waals surface area contributed by atoms with Crippen LogP contribution in [0.2, 0.25) is 0 Å². The van der Waals surface area contributed by atoms with Crippen LogP contribution >= 0.6 is 0 Å². The lowest BCUT2D eigenvalue weighted by atomic mass is 10.1. The smallest absolute Gasteiger partial charge is 0.244 e. The van der Waals surface area contributed by atoms with Crippen LogP contribution in [0.15, 0.2) is 47.6 Å². The topological polar surface area (TPSA) is 97.4 Å². The van der Waals surface area contributed by atoms with Crippen LogP contribution in [0.25, 0.3) is 0 Å². The van der Waals surface area contributed by atoms with Gasteiger partial charge in [-0.15, -0.1) is 0 Å². The fourth-order valence-corrected chi connectivity index (χ4v) is 3.61. The second-order valence-corrected chi connectivity index (χ2v) is 6.85. The predicted octanol–water partition coefficient (Wildman–Crippen LogP) is 2.09. The van der Waals surface area contributed by atoms with Crippen LogP contribution < -0.4 is 14.8 Å². The van der Waals surface area contributed by atoms with Gasteiger partial charge in [0.15, 0.2) is 0 Å². The van der Waals surface area contributed by atoms with Crippen LogP contribution in [-0.4, -0.2) is 26.4 Å². The summed E-state index contributed by atoms with van der Waals surface area (Å²) in [7, 11) is -2.47. The molecule has 0 bridgehead atoms. The SMILES string of the molecule is COc1ccc(NC(C)=O)cc1S(=O)(=O)N[C@H](C)c1ccncc1. The minimum atomic E-state index is -3.86. The second kappa shape index (κ2) is 7.41. The average Bonchev–Trinajstić information content (AvgIpc) is 2.54. The second-order valence-electron chi connectivity index (χ2n) is 5.17. The number of anilines is 1. The van der Waals surface area contributed by atoms with Gasteiger partial charge in [-0.3, -0.25) is 9.78 Å². The number of nitrogens with one attached hydrogen (secondary N) is 2. The van der Waals surface area contributed by atoms with Crippen LogP contribution in [0.4, 0.5) is 5.69 Å². The number of amides is 1. The van der Waals surface area contributed by atoms with Gasteiger partial charge in [0.05, 0.1) is 7.11 Å². The number of ether oxygens (including phenoxy) is 1. The molecule has 24 heavy (non-hydrogen) atoms. The summed E-state index contributed by atoms with van der Waals surface area (Å²) in [5, 5.41) is 2.56. The number of benzene rings is 1. The molecule has 0 saturated carbocycles. The maximum atomic E-state index is 12.7. The Balaban J connectivity index is 2.35. The third-order valence-corrected chi connectivity index (χ3v) is 4.87. The number of carbonyl (C=O) groups is 1. The summed E-state index contributed by atoms with van der Waals surface area (Å²) in [6.07, 6.45) is 3.19. The zero-order chi connectivity index (χ0) is 17.7. The van der Waals surface area contributed by atoms with Crippen molar-refractivity contribution in [2.75, 3.05) is 12.4 Å². The van der Waals surface area contributed by atoms with Crippen LogP contribution in [0.1, 0.15) is 25.5 Å². The standard InChI is InChI=1S/C16H19N3O4S/c1-11(13-6-8-17-9-7-13)19-24(21,22)16-10-14(18-12(2)20)4-5-15(16)23-3/h4-11,19H,1-3H3,(H,18,20)/t11-/m1/s1. The van der Waals surface area contributed by atoms with Crippen molar-refractivity contribution in [2.45, 2.75) is 24.8 Å². The number of sulfonamides is 1. The molecular formula is C16H19N3O4S. The van der Waals surface area contributed by atoms with Crippen LogP contribution in [-0.2, 0) is 14.8 Å². The predicted molar refractivity (Wildman–Crippen MR) is 90.3 cm³/mol. The molecule has 0 unspecified atom stereocenters. The average molecular weight is 349 g/mol. The molecule has 0 aliphatic carbocycles. The summed E-state index contributed by atoms with van der Waals surface area (Å²) in [6, 6.07) is 7.45. The van der Waals surface area contributed by atoms with E-state index in [2.05, 4.69) is 15.0 Å². The van der Waals surface area contributed by atoms with Gasteiger partial charge >= 0.3 is 0 Å². The van der Waals surface area contributed by atoms with Crippen LogP contribution in [0, 0.1) is 0 Å². The van der Waals surface area contributed by atoms with Crippen molar-refractivity contribution >= 4 is 21.6 Å². The van der Waals surface area contributed by atoms with Gasteiger partial charge in [-0.25, -0.2) is 13.1 Å². The molecule has 1 aromatic carbocycles. The molecule has 0 aliphatic heterocycles. The van der Waals surface area contributed by atoms with Crippen molar-refractivity contribution in [3.8, 4) is 5.75 Å². The molecule has 1 aromatic heterocycles. The Labute approximate surface area is 141 Å². The molecule has 2 rings (SSSR count). The van der Waals surface area contributed by atoms with E-state index in [1.807, 2.05) is 0 Å². The van der Waals surface area contributed by atoms with Crippen molar-refractivity contribution in [1.29, 1.82) is 0 Å². The highest BCUT2D eigenvalue weighted by Crippen LogP contribution is 2.28. The first-order valence-electron chi connectivity index (χ1n) is 7.21. The van der Waals surface area contributed by atoms with Crippen molar-refractivity contribution in [1.82, 2.24) is 9.71 Å². The third kappa shape index (κ3) is 4.30. The molecule has 8 heteroatoms. The monoisotopic (exact) mass is 349 g/mol. The first-order chi connectivity index (χ1) is 11.3. The van der Waals surface area contributed by atoms with E-state index in [0.717, 1.165) is 5.56 Å². The zero-order valence-electron chi connectivity index (χ0n) is 13.6. The molecule has 1 heterocycles. The zero-order valence-corrected chi connectivity index (χ0v) is 14.4. The number of hydrogen-bond acceptors (Lipinski definition) is 5. The summed E-state index contributed by atoms with van der Waals surface area (Å²) in [5.41, 5.74) is 1.16. The summed E-state index contributed by atoms with van der Waals surface area (Å²) < 4.78 is 33.2. The number of carbonyl (C=O) groups excluding carboxylic acids is 1. The van der Waals surface area contributed by atoms with Gasteiger partial charge in [-0.1, -0.05) is 0 Å². The van der Waals surface area contributed by atoms with Gasteiger partial charge in [0.25, 0.3) is 0 Å². The summed E-state index contributed by atoms with van der Waals surface area (Å²) >= 11 is 0. The van der Waals surface area contributed by atoms with Crippen molar-refractivity contribution in [2.24, 2.45) is 0 Å². The highest BCUT2D eigenvalue weighted by molar-refractivity contribution is 7.89. The number of methoxy groups -OCH3 is 1. The number of nitrogens with zero attached hydrogens (tertiary/aromatic N) is 1. The number of hydrogen-bond donors (Lipinski definition) is 2. The fraction of sp³-hybridized carbons (Fsp3) is 0.250. The maximum Gasteiger partial charge on any atom is 0.244 e. The largest absolute Gasteiger partial charge is 0.495 e. The molecule has 0 radical (unpaired) electrons. The molecule has 2 aromatic rings. The summed E-state index contributed by atoms with van der Waals surface area (Å²) in [5.74, 6) is -0.0971. The number of pyridine rings is 1. The quantitative estimate of drug-likeness (QED) is 0.832. The summed E-state index contributed by atoms with van der Waals surface area (Å²) in [4.78, 5) is 15.0. The van der Waals surface area contributed by atoms with E-state index in [4.69, 9.17) is 4.74 Å². The first-order valence-corrected chi connectivity index (χ1v) is 8.69. The van der Waals surface area contributed by atoms with Gasteiger partial charge in [-0.05, 0) is 42.8 Å². The Bertz CT molecular complexity index is 822. The highest BCUT2D eigenvalue weighted by atomic mass is 32.2. The normalized spacial score (nSPS) is 12.5. The van der Waals surface area contributed by atoms with Gasteiger partial charge in [0, 0.05) is 31.0 Å². The Morgan fingerprint density at radius 1 is 1.21 bits per heavy atom. The van der Waals surface area contributed by atoms with Crippen molar-refractivity contribution < 1.29 is 17.9 Å².